The summed E-state index contributed by atoms with van der Waals surface area (Å²) in [4.78, 5) is 6.74. The van der Waals surface area contributed by atoms with Crippen LogP contribution in [0.2, 0.25) is 10.0 Å². The Balaban J connectivity index is 1.50. The Labute approximate surface area is 196 Å². The molecule has 31 heavy (non-hydrogen) atoms. The van der Waals surface area contributed by atoms with E-state index in [0.29, 0.717) is 21.7 Å². The molecule has 2 aromatic heterocycles. The maximum Gasteiger partial charge on any atom is 0.170 e. The molecule has 3 atom stereocenters. The van der Waals surface area contributed by atoms with Gasteiger partial charge < -0.3 is 19.4 Å². The van der Waals surface area contributed by atoms with E-state index in [0.717, 1.165) is 42.2 Å². The first-order valence-corrected chi connectivity index (χ1v) is 11.4. The summed E-state index contributed by atoms with van der Waals surface area (Å²) in [6.45, 7) is 1.51. The third-order valence-corrected chi connectivity index (χ3v) is 6.84. The van der Waals surface area contributed by atoms with Crippen molar-refractivity contribution in [3.8, 4) is 11.3 Å². The molecule has 1 N–H and O–H groups in total. The minimum Gasteiger partial charge on any atom is -0.459 e. The van der Waals surface area contributed by atoms with Crippen LogP contribution in [0.4, 0.5) is 0 Å². The highest BCUT2D eigenvalue weighted by Gasteiger charge is 2.42. The van der Waals surface area contributed by atoms with Gasteiger partial charge in [-0.05, 0) is 67.5 Å². The molecule has 8 heteroatoms. The third-order valence-electron chi connectivity index (χ3n) is 5.74. The summed E-state index contributed by atoms with van der Waals surface area (Å²) in [5.41, 5.74) is 1.78. The van der Waals surface area contributed by atoms with Crippen molar-refractivity contribution in [3.63, 3.8) is 0 Å². The molecule has 0 spiro atoms. The highest BCUT2D eigenvalue weighted by molar-refractivity contribution is 7.80. The molecular formula is C23H21Cl2N3O2S. The maximum atomic E-state index is 6.33. The van der Waals surface area contributed by atoms with Gasteiger partial charge in [-0.25, -0.2) is 0 Å². The van der Waals surface area contributed by atoms with E-state index >= 15 is 0 Å². The van der Waals surface area contributed by atoms with E-state index in [2.05, 4.69) is 15.2 Å². The van der Waals surface area contributed by atoms with Crippen molar-refractivity contribution in [2.24, 2.45) is 0 Å². The van der Waals surface area contributed by atoms with Crippen molar-refractivity contribution in [1.29, 1.82) is 0 Å². The van der Waals surface area contributed by atoms with Gasteiger partial charge in [0.1, 0.15) is 17.6 Å². The summed E-state index contributed by atoms with van der Waals surface area (Å²) in [6, 6.07) is 15.1. The van der Waals surface area contributed by atoms with Crippen molar-refractivity contribution in [1.82, 2.24) is 15.2 Å². The fourth-order valence-corrected chi connectivity index (χ4v) is 4.85. The van der Waals surface area contributed by atoms with Crippen LogP contribution < -0.4 is 5.32 Å². The van der Waals surface area contributed by atoms with Crippen molar-refractivity contribution in [2.75, 3.05) is 13.2 Å². The van der Waals surface area contributed by atoms with Crippen LogP contribution in [-0.4, -0.2) is 34.3 Å². The minimum atomic E-state index is -0.136. The molecule has 2 aliphatic heterocycles. The van der Waals surface area contributed by atoms with Crippen LogP contribution in [0.5, 0.6) is 0 Å². The number of ether oxygens (including phenoxy) is 1. The minimum absolute atomic E-state index is 0.122. The number of hydrogen-bond acceptors (Lipinski definition) is 4. The fourth-order valence-electron chi connectivity index (χ4n) is 4.24. The van der Waals surface area contributed by atoms with E-state index in [9.17, 15) is 0 Å². The van der Waals surface area contributed by atoms with Gasteiger partial charge in [-0.15, -0.1) is 0 Å². The smallest absolute Gasteiger partial charge is 0.170 e. The lowest BCUT2D eigenvalue weighted by atomic mass is 10.0. The summed E-state index contributed by atoms with van der Waals surface area (Å²) in [5, 5.41) is 5.14. The van der Waals surface area contributed by atoms with Crippen molar-refractivity contribution >= 4 is 40.5 Å². The van der Waals surface area contributed by atoms with Gasteiger partial charge in [-0.3, -0.25) is 4.98 Å². The molecule has 4 heterocycles. The lowest BCUT2D eigenvalue weighted by Crippen LogP contribution is -2.36. The number of nitrogens with zero attached hydrogens (tertiary/aromatic N) is 2. The molecule has 0 amide bonds. The third kappa shape index (κ3) is 4.17. The molecule has 3 unspecified atom stereocenters. The summed E-state index contributed by atoms with van der Waals surface area (Å²) >= 11 is 18.0. The number of aromatic nitrogens is 1. The van der Waals surface area contributed by atoms with Gasteiger partial charge in [-0.1, -0.05) is 29.3 Å². The number of furan rings is 1. The quantitative estimate of drug-likeness (QED) is 0.472. The normalized spacial score (nSPS) is 23.4. The van der Waals surface area contributed by atoms with E-state index in [1.807, 2.05) is 42.5 Å². The second-order valence-corrected chi connectivity index (χ2v) is 8.95. The molecule has 0 aliphatic carbocycles. The fraction of sp³-hybridized carbons (Fsp3) is 0.304. The number of benzene rings is 1. The van der Waals surface area contributed by atoms with E-state index in [1.54, 1.807) is 12.3 Å². The van der Waals surface area contributed by atoms with Crippen molar-refractivity contribution < 1.29 is 9.15 Å². The van der Waals surface area contributed by atoms with Crippen molar-refractivity contribution in [2.45, 2.75) is 31.0 Å². The summed E-state index contributed by atoms with van der Waals surface area (Å²) in [6.07, 6.45) is 4.07. The number of halogens is 2. The van der Waals surface area contributed by atoms with Crippen LogP contribution >= 0.6 is 35.4 Å². The average molecular weight is 474 g/mol. The van der Waals surface area contributed by atoms with Gasteiger partial charge >= 0.3 is 0 Å². The van der Waals surface area contributed by atoms with Crippen LogP contribution in [0.25, 0.3) is 11.3 Å². The van der Waals surface area contributed by atoms with Gasteiger partial charge in [0.05, 0.1) is 27.9 Å². The number of pyridine rings is 1. The Kier molecular flexibility index (Phi) is 5.89. The van der Waals surface area contributed by atoms with Crippen molar-refractivity contribution in [3.05, 3.63) is 76.2 Å². The standard InChI is InChI=1S/C23H21Cl2N3O2S/c24-16-7-6-14(12-17(16)25)19-8-9-20(30-19)22-21(18-5-1-2-10-26-18)27-23(31)28(22)13-15-4-3-11-29-15/h1-2,5-10,12,15,21-22H,3-4,11,13H2,(H,27,31). The predicted molar refractivity (Wildman–Crippen MR) is 125 cm³/mol. The molecular weight excluding hydrogens is 453 g/mol. The molecule has 0 bridgehead atoms. The molecule has 0 radical (unpaired) electrons. The predicted octanol–water partition coefficient (Wildman–Crippen LogP) is 5.80. The molecule has 2 aliphatic rings. The van der Waals surface area contributed by atoms with E-state index < -0.39 is 0 Å². The first kappa shape index (κ1) is 20.8. The first-order valence-electron chi connectivity index (χ1n) is 10.2. The van der Waals surface area contributed by atoms with Gasteiger partial charge in [0.2, 0.25) is 0 Å². The van der Waals surface area contributed by atoms with E-state index in [-0.39, 0.29) is 18.2 Å². The van der Waals surface area contributed by atoms with Crippen LogP contribution in [-0.2, 0) is 4.74 Å². The monoisotopic (exact) mass is 473 g/mol. The Morgan fingerprint density at radius 2 is 2.03 bits per heavy atom. The van der Waals surface area contributed by atoms with Gasteiger partial charge in [-0.2, -0.15) is 0 Å². The zero-order valence-corrected chi connectivity index (χ0v) is 19.0. The summed E-state index contributed by atoms with van der Waals surface area (Å²) < 4.78 is 12.2. The zero-order chi connectivity index (χ0) is 21.4. The Bertz CT molecular complexity index is 1090. The molecule has 3 aromatic rings. The van der Waals surface area contributed by atoms with Crippen LogP contribution in [0.1, 0.15) is 36.4 Å². The summed E-state index contributed by atoms with van der Waals surface area (Å²) in [7, 11) is 0. The summed E-state index contributed by atoms with van der Waals surface area (Å²) in [5.74, 6) is 1.53. The molecule has 1 aromatic carbocycles. The highest BCUT2D eigenvalue weighted by atomic mass is 35.5. The zero-order valence-electron chi connectivity index (χ0n) is 16.6. The Morgan fingerprint density at radius 3 is 2.77 bits per heavy atom. The first-order chi connectivity index (χ1) is 15.1. The molecule has 5 rings (SSSR count). The van der Waals surface area contributed by atoms with Crippen LogP contribution in [0.3, 0.4) is 0 Å². The maximum absolute atomic E-state index is 6.33. The van der Waals surface area contributed by atoms with Crippen LogP contribution in [0.15, 0.2) is 59.1 Å². The van der Waals surface area contributed by atoms with E-state index in [4.69, 9.17) is 44.6 Å². The molecule has 160 valence electrons. The molecule has 2 fully saturated rings. The van der Waals surface area contributed by atoms with Crippen LogP contribution in [0, 0.1) is 0 Å². The Hall–Kier alpha value is -2.12. The largest absolute Gasteiger partial charge is 0.459 e. The number of rotatable bonds is 5. The lowest BCUT2D eigenvalue weighted by Gasteiger charge is -2.28. The second-order valence-electron chi connectivity index (χ2n) is 7.74. The lowest BCUT2D eigenvalue weighted by molar-refractivity contribution is 0.0818. The SMILES string of the molecule is S=C1NC(c2ccccn2)C(c2ccc(-c3ccc(Cl)c(Cl)c3)o2)N1CC1CCCO1. The topological polar surface area (TPSA) is 50.5 Å². The number of nitrogens with one attached hydrogen (secondary N) is 1. The Morgan fingerprint density at radius 1 is 1.13 bits per heavy atom. The van der Waals surface area contributed by atoms with Gasteiger partial charge in [0.15, 0.2) is 5.11 Å². The number of thiocarbonyl (C=S) groups is 1. The number of hydrogen-bond donors (Lipinski definition) is 1. The molecule has 5 nitrogen and oxygen atoms in total. The van der Waals surface area contributed by atoms with Gasteiger partial charge in [0, 0.05) is 24.9 Å². The second kappa shape index (κ2) is 8.79. The highest BCUT2D eigenvalue weighted by Crippen LogP contribution is 2.41. The molecule has 2 saturated heterocycles. The average Bonchev–Trinajstić information content (AvgIpc) is 3.52. The molecule has 0 saturated carbocycles. The van der Waals surface area contributed by atoms with E-state index in [1.165, 1.54) is 0 Å². The van der Waals surface area contributed by atoms with Gasteiger partial charge in [0.25, 0.3) is 0 Å².